The minimum absolute atomic E-state index is 0.144. The normalized spacial score (nSPS) is 13.5. The number of nitrogens with one attached hydrogen (secondary N) is 2. The maximum absolute atomic E-state index is 13.5. The van der Waals surface area contributed by atoms with Gasteiger partial charge in [-0.25, -0.2) is 0 Å². The largest absolute Gasteiger partial charge is 0.440 e. The first-order valence-electron chi connectivity index (χ1n) is 14.4. The van der Waals surface area contributed by atoms with E-state index in [0.29, 0.717) is 71.0 Å². The summed E-state index contributed by atoms with van der Waals surface area (Å²) in [5.74, 6) is 0.724. The summed E-state index contributed by atoms with van der Waals surface area (Å²) in [7, 11) is 0. The molecule has 0 aliphatic carbocycles. The first-order chi connectivity index (χ1) is 21.6. The summed E-state index contributed by atoms with van der Waals surface area (Å²) < 4.78 is 12.3. The number of fused-ring (bicyclic) bond motifs is 8. The molecule has 0 amide bonds. The highest BCUT2D eigenvalue weighted by molar-refractivity contribution is 5.92. The summed E-state index contributed by atoms with van der Waals surface area (Å²) in [6, 6.07) is 30.3. The van der Waals surface area contributed by atoms with Crippen LogP contribution in [0.2, 0.25) is 0 Å². The number of hydrogen-bond acceptors (Lipinski definition) is 8. The Bertz CT molecular complexity index is 2050. The van der Waals surface area contributed by atoms with E-state index in [0.717, 1.165) is 22.3 Å². The van der Waals surface area contributed by atoms with Crippen molar-refractivity contribution in [3.05, 3.63) is 151 Å². The van der Waals surface area contributed by atoms with Crippen molar-refractivity contribution >= 4 is 46.1 Å². The molecular formula is C36H28N4O4. The number of hydrogen-bond donors (Lipinski definition) is 2. The van der Waals surface area contributed by atoms with E-state index >= 15 is 0 Å². The molecule has 0 fully saturated rings. The Morgan fingerprint density at radius 3 is 1.45 bits per heavy atom. The highest BCUT2D eigenvalue weighted by Gasteiger charge is 2.15. The quantitative estimate of drug-likeness (QED) is 0.208. The lowest BCUT2D eigenvalue weighted by atomic mass is 10.1. The molecule has 1 aliphatic heterocycles. The second-order valence-corrected chi connectivity index (χ2v) is 10.6. The molecule has 4 bridgehead atoms. The van der Waals surface area contributed by atoms with Gasteiger partial charge in [0.25, 0.3) is 0 Å². The number of nitrogens with zero attached hydrogens (tertiary/aromatic N) is 2. The van der Waals surface area contributed by atoms with E-state index in [1.165, 1.54) is 0 Å². The molecular weight excluding hydrogens is 552 g/mol. The van der Waals surface area contributed by atoms with E-state index in [-0.39, 0.29) is 10.9 Å². The van der Waals surface area contributed by atoms with Crippen LogP contribution in [0.15, 0.2) is 125 Å². The first kappa shape index (κ1) is 27.1. The predicted molar refractivity (Wildman–Crippen MR) is 175 cm³/mol. The predicted octanol–water partition coefficient (Wildman–Crippen LogP) is 6.68. The fourth-order valence-electron chi connectivity index (χ4n) is 5.34. The molecule has 44 heavy (non-hydrogen) atoms. The first-order valence-corrected chi connectivity index (χ1v) is 14.4. The number of aliphatic imine (C=N–C) groups is 2. The molecule has 0 saturated heterocycles. The van der Waals surface area contributed by atoms with E-state index < -0.39 is 0 Å². The third-order valence-electron chi connectivity index (χ3n) is 7.54. The van der Waals surface area contributed by atoms with Gasteiger partial charge in [0.1, 0.15) is 22.3 Å². The fourth-order valence-corrected chi connectivity index (χ4v) is 5.34. The highest BCUT2D eigenvalue weighted by atomic mass is 16.4. The Hall–Kier alpha value is -5.76. The zero-order valence-corrected chi connectivity index (χ0v) is 23.7. The second kappa shape index (κ2) is 11.9. The average Bonchev–Trinajstić information content (AvgIpc) is 3.05. The summed E-state index contributed by atoms with van der Waals surface area (Å²) in [4.78, 5) is 36.2. The van der Waals surface area contributed by atoms with Crippen LogP contribution in [0.4, 0.5) is 11.8 Å². The van der Waals surface area contributed by atoms with Crippen LogP contribution in [0, 0.1) is 0 Å². The van der Waals surface area contributed by atoms with Gasteiger partial charge in [0.15, 0.2) is 0 Å². The Kier molecular flexibility index (Phi) is 7.30. The topological polar surface area (TPSA) is 109 Å². The van der Waals surface area contributed by atoms with Gasteiger partial charge in [0.2, 0.25) is 22.6 Å². The van der Waals surface area contributed by atoms with Gasteiger partial charge in [-0.2, -0.15) is 0 Å². The molecule has 2 aromatic heterocycles. The SMILES string of the molecule is O=c1c2c(oc3ccccc13)NCc1cccc(c1)CNc1oc3ccccc3c(=O)c1C=NCc1cccc(c1)CN=C2. The van der Waals surface area contributed by atoms with E-state index in [1.807, 2.05) is 72.8 Å². The summed E-state index contributed by atoms with van der Waals surface area (Å²) in [5, 5.41) is 7.64. The van der Waals surface area contributed by atoms with E-state index in [1.54, 1.807) is 36.7 Å². The van der Waals surface area contributed by atoms with Crippen LogP contribution in [-0.4, -0.2) is 12.4 Å². The molecule has 0 spiro atoms. The molecule has 0 atom stereocenters. The van der Waals surface area contributed by atoms with Crippen LogP contribution in [0.1, 0.15) is 33.4 Å². The van der Waals surface area contributed by atoms with Crippen molar-refractivity contribution in [1.82, 2.24) is 0 Å². The van der Waals surface area contributed by atoms with E-state index in [4.69, 9.17) is 8.83 Å². The van der Waals surface area contributed by atoms with Crippen LogP contribution in [0.25, 0.3) is 21.9 Å². The highest BCUT2D eigenvalue weighted by Crippen LogP contribution is 2.22. The minimum atomic E-state index is -0.144. The van der Waals surface area contributed by atoms with Crippen molar-refractivity contribution in [2.75, 3.05) is 10.6 Å². The van der Waals surface area contributed by atoms with Crippen molar-refractivity contribution in [3.8, 4) is 0 Å². The van der Waals surface area contributed by atoms with Gasteiger partial charge < -0.3 is 19.5 Å². The fraction of sp³-hybridized carbons (Fsp3) is 0.111. The Morgan fingerprint density at radius 2 is 0.955 bits per heavy atom. The van der Waals surface area contributed by atoms with Crippen molar-refractivity contribution in [2.45, 2.75) is 26.2 Å². The summed E-state index contributed by atoms with van der Waals surface area (Å²) in [5.41, 5.74) is 5.36. The molecule has 7 rings (SSSR count). The number of rotatable bonds is 0. The zero-order valence-electron chi connectivity index (χ0n) is 23.7. The Labute approximate surface area is 252 Å². The average molecular weight is 581 g/mol. The second-order valence-electron chi connectivity index (χ2n) is 10.6. The lowest BCUT2D eigenvalue weighted by molar-refractivity contribution is 0.612. The Balaban J connectivity index is 1.31. The molecule has 216 valence electrons. The Morgan fingerprint density at radius 1 is 0.523 bits per heavy atom. The van der Waals surface area contributed by atoms with Crippen molar-refractivity contribution in [1.29, 1.82) is 0 Å². The third kappa shape index (κ3) is 5.53. The standard InChI is InChI=1S/C36H28N4O4/c41-33-27-11-1-3-13-31(27)43-35-29(33)21-37-17-23-7-5-8-24(15-23)18-38-22-30-34(42)28-12-2-4-14-32(28)44-36(30)40-20-26-10-6-9-25(16-26)19-39-35/h1-16,21-22,39-40H,17-20H2. The van der Waals surface area contributed by atoms with Gasteiger partial charge in [0.05, 0.1) is 23.9 Å². The van der Waals surface area contributed by atoms with Gasteiger partial charge in [-0.15, -0.1) is 0 Å². The molecule has 8 heteroatoms. The molecule has 3 heterocycles. The molecule has 1 aliphatic rings. The summed E-state index contributed by atoms with van der Waals surface area (Å²) in [6.45, 7) is 1.57. The maximum atomic E-state index is 13.5. The summed E-state index contributed by atoms with van der Waals surface area (Å²) >= 11 is 0. The molecule has 8 nitrogen and oxygen atoms in total. The number of benzene rings is 4. The van der Waals surface area contributed by atoms with Gasteiger partial charge in [-0.05, 0) is 46.5 Å². The van der Waals surface area contributed by atoms with Crippen LogP contribution in [-0.2, 0) is 26.2 Å². The number of anilines is 2. The lowest BCUT2D eigenvalue weighted by Crippen LogP contribution is -2.14. The zero-order chi connectivity index (χ0) is 29.9. The third-order valence-corrected chi connectivity index (χ3v) is 7.54. The van der Waals surface area contributed by atoms with Crippen molar-refractivity contribution in [2.24, 2.45) is 9.98 Å². The molecule has 0 radical (unpaired) electrons. The summed E-state index contributed by atoms with van der Waals surface area (Å²) in [6.07, 6.45) is 3.18. The van der Waals surface area contributed by atoms with Crippen molar-refractivity contribution in [3.63, 3.8) is 0 Å². The van der Waals surface area contributed by atoms with Crippen LogP contribution in [0.5, 0.6) is 0 Å². The van der Waals surface area contributed by atoms with Crippen LogP contribution in [0.3, 0.4) is 0 Å². The van der Waals surface area contributed by atoms with Crippen LogP contribution >= 0.6 is 0 Å². The van der Waals surface area contributed by atoms with Gasteiger partial charge >= 0.3 is 0 Å². The molecule has 6 aromatic rings. The number of para-hydroxylation sites is 2. The van der Waals surface area contributed by atoms with E-state index in [2.05, 4.69) is 20.6 Å². The smallest absolute Gasteiger partial charge is 0.206 e. The van der Waals surface area contributed by atoms with E-state index in [9.17, 15) is 9.59 Å². The molecule has 4 aromatic carbocycles. The molecule has 2 N–H and O–H groups in total. The van der Waals surface area contributed by atoms with Gasteiger partial charge in [-0.1, -0.05) is 72.8 Å². The van der Waals surface area contributed by atoms with Crippen molar-refractivity contribution < 1.29 is 8.83 Å². The lowest BCUT2D eigenvalue weighted by Gasteiger charge is -2.12. The maximum Gasteiger partial charge on any atom is 0.206 e. The van der Waals surface area contributed by atoms with Gasteiger partial charge in [-0.3, -0.25) is 19.6 Å². The molecule has 0 saturated carbocycles. The minimum Gasteiger partial charge on any atom is -0.440 e. The van der Waals surface area contributed by atoms with Gasteiger partial charge in [0, 0.05) is 25.5 Å². The monoisotopic (exact) mass is 580 g/mol. The molecule has 0 unspecified atom stereocenters. The van der Waals surface area contributed by atoms with Crippen LogP contribution < -0.4 is 21.5 Å².